The molecule has 1 aliphatic rings. The number of carbonyl (C=O) groups excluding carboxylic acids is 1. The van der Waals surface area contributed by atoms with Gasteiger partial charge >= 0.3 is 0 Å². The lowest BCUT2D eigenvalue weighted by Crippen LogP contribution is -2.39. The van der Waals surface area contributed by atoms with E-state index in [-0.39, 0.29) is 18.2 Å². The van der Waals surface area contributed by atoms with Crippen LogP contribution < -0.4 is 10.9 Å². The standard InChI is InChI=1S/C14H19N3O5/c18-12-4-2-1-3-10(12)7-15-13(19)9-16-8-11(17(21)22)5-6-14(16)20/h5-6,8,10,12,18H,1-4,7,9H2,(H,15,19)/t10-,12-/m0/s1. The summed E-state index contributed by atoms with van der Waals surface area (Å²) in [4.78, 5) is 33.5. The Bertz CT molecular complexity index is 613. The van der Waals surface area contributed by atoms with Crippen LogP contribution in [0.1, 0.15) is 25.7 Å². The number of hydrogen-bond donors (Lipinski definition) is 2. The maximum absolute atomic E-state index is 11.9. The summed E-state index contributed by atoms with van der Waals surface area (Å²) in [6.07, 6.45) is 4.27. The molecule has 2 N–H and O–H groups in total. The monoisotopic (exact) mass is 309 g/mol. The minimum absolute atomic E-state index is 0.0273. The summed E-state index contributed by atoms with van der Waals surface area (Å²) >= 11 is 0. The summed E-state index contributed by atoms with van der Waals surface area (Å²) in [5, 5.41) is 23.2. The van der Waals surface area contributed by atoms with Crippen molar-refractivity contribution in [3.8, 4) is 0 Å². The Morgan fingerprint density at radius 3 is 2.82 bits per heavy atom. The molecule has 1 fully saturated rings. The highest BCUT2D eigenvalue weighted by Crippen LogP contribution is 2.23. The van der Waals surface area contributed by atoms with Gasteiger partial charge in [0.15, 0.2) is 0 Å². The molecule has 1 saturated carbocycles. The zero-order valence-electron chi connectivity index (χ0n) is 12.1. The number of aliphatic hydroxyl groups is 1. The molecule has 0 unspecified atom stereocenters. The fourth-order valence-corrected chi connectivity index (χ4v) is 2.63. The van der Waals surface area contributed by atoms with Crippen LogP contribution in [-0.4, -0.2) is 33.2 Å². The number of nitrogens with zero attached hydrogens (tertiary/aromatic N) is 2. The molecule has 0 spiro atoms. The molecule has 1 heterocycles. The number of nitrogens with one attached hydrogen (secondary N) is 1. The van der Waals surface area contributed by atoms with Gasteiger partial charge in [-0.15, -0.1) is 0 Å². The van der Waals surface area contributed by atoms with Gasteiger partial charge in [-0.1, -0.05) is 12.8 Å². The number of hydrogen-bond acceptors (Lipinski definition) is 5. The Balaban J connectivity index is 1.93. The first-order valence-electron chi connectivity index (χ1n) is 7.27. The largest absolute Gasteiger partial charge is 0.393 e. The van der Waals surface area contributed by atoms with E-state index < -0.39 is 22.5 Å². The van der Waals surface area contributed by atoms with Crippen LogP contribution in [0.25, 0.3) is 0 Å². The van der Waals surface area contributed by atoms with Crippen LogP contribution >= 0.6 is 0 Å². The highest BCUT2D eigenvalue weighted by molar-refractivity contribution is 5.75. The second-order valence-electron chi connectivity index (χ2n) is 5.53. The van der Waals surface area contributed by atoms with Crippen molar-refractivity contribution in [2.45, 2.75) is 38.3 Å². The molecule has 0 radical (unpaired) electrons. The molecule has 1 aromatic heterocycles. The van der Waals surface area contributed by atoms with Crippen molar-refractivity contribution < 1.29 is 14.8 Å². The Labute approximate surface area is 126 Å². The maximum atomic E-state index is 11.9. The van der Waals surface area contributed by atoms with Crippen molar-refractivity contribution in [2.75, 3.05) is 6.54 Å². The summed E-state index contributed by atoms with van der Waals surface area (Å²) in [5.74, 6) is -0.375. The quantitative estimate of drug-likeness (QED) is 0.604. The smallest absolute Gasteiger partial charge is 0.285 e. The summed E-state index contributed by atoms with van der Waals surface area (Å²) in [5.41, 5.74) is -0.714. The van der Waals surface area contributed by atoms with Crippen LogP contribution in [0.5, 0.6) is 0 Å². The fourth-order valence-electron chi connectivity index (χ4n) is 2.63. The average molecular weight is 309 g/mol. The third kappa shape index (κ3) is 4.14. The summed E-state index contributed by atoms with van der Waals surface area (Å²) in [7, 11) is 0. The van der Waals surface area contributed by atoms with Gasteiger partial charge in [0.25, 0.3) is 11.2 Å². The third-order valence-electron chi connectivity index (χ3n) is 3.92. The number of aliphatic hydroxyl groups excluding tert-OH is 1. The Morgan fingerprint density at radius 2 is 2.14 bits per heavy atom. The SMILES string of the molecule is O=C(Cn1cc([N+](=O)[O-])ccc1=O)NC[C@@H]1CCCC[C@@H]1O. The predicted molar refractivity (Wildman–Crippen MR) is 78.3 cm³/mol. The van der Waals surface area contributed by atoms with E-state index >= 15 is 0 Å². The van der Waals surface area contributed by atoms with E-state index in [2.05, 4.69) is 5.32 Å². The molecule has 2 atom stereocenters. The van der Waals surface area contributed by atoms with Crippen molar-refractivity contribution in [3.05, 3.63) is 38.8 Å². The molecule has 1 aromatic rings. The zero-order valence-corrected chi connectivity index (χ0v) is 12.1. The molecule has 8 nitrogen and oxygen atoms in total. The van der Waals surface area contributed by atoms with Crippen molar-refractivity contribution in [2.24, 2.45) is 5.92 Å². The molecule has 8 heteroatoms. The van der Waals surface area contributed by atoms with Crippen LogP contribution in [-0.2, 0) is 11.3 Å². The third-order valence-corrected chi connectivity index (χ3v) is 3.92. The minimum Gasteiger partial charge on any atom is -0.393 e. The molecule has 1 aliphatic carbocycles. The Hall–Kier alpha value is -2.22. The number of aromatic nitrogens is 1. The molecule has 120 valence electrons. The average Bonchev–Trinajstić information content (AvgIpc) is 2.48. The first-order valence-corrected chi connectivity index (χ1v) is 7.27. The van der Waals surface area contributed by atoms with Crippen LogP contribution in [0, 0.1) is 16.0 Å². The second kappa shape index (κ2) is 7.17. The molecule has 0 aromatic carbocycles. The normalized spacial score (nSPS) is 21.3. The van der Waals surface area contributed by atoms with Gasteiger partial charge in [0.05, 0.1) is 17.2 Å². The van der Waals surface area contributed by atoms with Gasteiger partial charge in [-0.05, 0) is 12.8 Å². The van der Waals surface area contributed by atoms with E-state index in [1.54, 1.807) is 0 Å². The van der Waals surface area contributed by atoms with Crippen LogP contribution in [0.2, 0.25) is 0 Å². The van der Waals surface area contributed by atoms with Gasteiger partial charge in [-0.25, -0.2) is 0 Å². The van der Waals surface area contributed by atoms with E-state index in [0.29, 0.717) is 6.54 Å². The Kier molecular flexibility index (Phi) is 5.26. The molecule has 1 amide bonds. The second-order valence-corrected chi connectivity index (χ2v) is 5.53. The molecular formula is C14H19N3O5. The van der Waals surface area contributed by atoms with Crippen LogP contribution in [0.4, 0.5) is 5.69 Å². The van der Waals surface area contributed by atoms with Crippen LogP contribution in [0.3, 0.4) is 0 Å². The molecule has 0 aliphatic heterocycles. The lowest BCUT2D eigenvalue weighted by Gasteiger charge is -2.27. The summed E-state index contributed by atoms with van der Waals surface area (Å²) in [6.45, 7) is 0.0764. The first-order chi connectivity index (χ1) is 10.5. The molecule has 0 saturated heterocycles. The van der Waals surface area contributed by atoms with E-state index in [1.165, 1.54) is 0 Å². The molecule has 2 rings (SSSR count). The van der Waals surface area contributed by atoms with Crippen molar-refractivity contribution in [1.82, 2.24) is 9.88 Å². The van der Waals surface area contributed by atoms with Gasteiger partial charge in [-0.2, -0.15) is 0 Å². The zero-order chi connectivity index (χ0) is 16.1. The fraction of sp³-hybridized carbons (Fsp3) is 0.571. The predicted octanol–water partition coefficient (Wildman–Crippen LogP) is 0.424. The summed E-state index contributed by atoms with van der Waals surface area (Å²) < 4.78 is 1.00. The lowest BCUT2D eigenvalue weighted by atomic mass is 9.86. The number of pyridine rings is 1. The number of rotatable bonds is 5. The van der Waals surface area contributed by atoms with Crippen molar-refractivity contribution in [1.29, 1.82) is 0 Å². The maximum Gasteiger partial charge on any atom is 0.285 e. The van der Waals surface area contributed by atoms with E-state index in [4.69, 9.17) is 0 Å². The van der Waals surface area contributed by atoms with E-state index in [1.807, 2.05) is 0 Å². The van der Waals surface area contributed by atoms with Crippen molar-refractivity contribution in [3.63, 3.8) is 0 Å². The summed E-state index contributed by atoms with van der Waals surface area (Å²) in [6, 6.07) is 2.17. The minimum atomic E-state index is -0.619. The van der Waals surface area contributed by atoms with Gasteiger partial charge in [-0.3, -0.25) is 24.3 Å². The molecular weight excluding hydrogens is 290 g/mol. The van der Waals surface area contributed by atoms with Gasteiger partial charge < -0.3 is 10.4 Å². The number of amides is 1. The van der Waals surface area contributed by atoms with Crippen molar-refractivity contribution >= 4 is 11.6 Å². The van der Waals surface area contributed by atoms with E-state index in [0.717, 1.165) is 48.6 Å². The van der Waals surface area contributed by atoms with E-state index in [9.17, 15) is 24.8 Å². The van der Waals surface area contributed by atoms with Gasteiger partial charge in [0.2, 0.25) is 5.91 Å². The van der Waals surface area contributed by atoms with Gasteiger partial charge in [0, 0.05) is 24.6 Å². The van der Waals surface area contributed by atoms with Crippen LogP contribution in [0.15, 0.2) is 23.1 Å². The topological polar surface area (TPSA) is 114 Å². The highest BCUT2D eigenvalue weighted by atomic mass is 16.6. The molecule has 22 heavy (non-hydrogen) atoms. The number of nitro groups is 1. The Morgan fingerprint density at radius 1 is 1.41 bits per heavy atom. The lowest BCUT2D eigenvalue weighted by molar-refractivity contribution is -0.385. The van der Waals surface area contributed by atoms with Gasteiger partial charge in [0.1, 0.15) is 6.54 Å². The molecule has 0 bridgehead atoms. The number of carbonyl (C=O) groups is 1. The first kappa shape index (κ1) is 16.2. The highest BCUT2D eigenvalue weighted by Gasteiger charge is 2.23.